The van der Waals surface area contributed by atoms with E-state index < -0.39 is 39.8 Å². The third kappa shape index (κ3) is 3.64. The number of hydrogen-bond acceptors (Lipinski definition) is 5. The van der Waals surface area contributed by atoms with Crippen molar-refractivity contribution >= 4 is 33.4 Å². The maximum absolute atomic E-state index is 14.4. The second-order valence-corrected chi connectivity index (χ2v) is 8.91. The number of nitrogens with two attached hydrogens (primary N) is 1. The van der Waals surface area contributed by atoms with E-state index in [1.165, 1.54) is 18.2 Å². The molecule has 1 saturated carbocycles. The standard InChI is InChI=1S/C19H15F3N4O2S2/c20-10-2-4-13(15(22)8-10)19(6-1-7-19)17-25-26-18(29-17)24-16(27)12-9-11(30(23)28)3-5-14(12)21/h2-5,8-9H,1,6-7,23H2,(H,24,26,27). The summed E-state index contributed by atoms with van der Waals surface area (Å²) in [6.07, 6.45) is 2.06. The smallest absolute Gasteiger partial charge is 0.260 e. The molecule has 1 unspecified atom stereocenters. The monoisotopic (exact) mass is 452 g/mol. The fraction of sp³-hybridized carbons (Fsp3) is 0.211. The van der Waals surface area contributed by atoms with E-state index in [4.69, 9.17) is 5.14 Å². The number of aromatic nitrogens is 2. The first-order valence-electron chi connectivity index (χ1n) is 8.87. The van der Waals surface area contributed by atoms with E-state index in [0.717, 1.165) is 36.0 Å². The first-order valence-corrected chi connectivity index (χ1v) is 10.9. The highest BCUT2D eigenvalue weighted by molar-refractivity contribution is 7.82. The highest BCUT2D eigenvalue weighted by Crippen LogP contribution is 2.51. The molecular formula is C19H15F3N4O2S2. The fourth-order valence-electron chi connectivity index (χ4n) is 3.44. The van der Waals surface area contributed by atoms with Crippen molar-refractivity contribution in [2.75, 3.05) is 5.32 Å². The average molecular weight is 452 g/mol. The zero-order valence-electron chi connectivity index (χ0n) is 15.3. The molecule has 30 heavy (non-hydrogen) atoms. The van der Waals surface area contributed by atoms with Crippen LogP contribution in [0.1, 0.15) is 40.2 Å². The summed E-state index contributed by atoms with van der Waals surface area (Å²) in [6, 6.07) is 6.75. The van der Waals surface area contributed by atoms with Crippen LogP contribution in [0.15, 0.2) is 41.3 Å². The number of nitrogens with one attached hydrogen (secondary N) is 1. The van der Waals surface area contributed by atoms with Crippen molar-refractivity contribution in [3.8, 4) is 0 Å². The third-order valence-electron chi connectivity index (χ3n) is 5.12. The molecule has 0 spiro atoms. The van der Waals surface area contributed by atoms with Crippen molar-refractivity contribution in [2.24, 2.45) is 5.14 Å². The van der Waals surface area contributed by atoms with Crippen LogP contribution in [0, 0.1) is 17.5 Å². The SMILES string of the molecule is NS(=O)c1ccc(F)c(C(=O)Nc2nnc(C3(c4ccc(F)cc4F)CCC3)s2)c1. The zero-order valence-corrected chi connectivity index (χ0v) is 17.0. The second-order valence-electron chi connectivity index (χ2n) is 6.87. The van der Waals surface area contributed by atoms with Gasteiger partial charge in [-0.2, -0.15) is 0 Å². The maximum Gasteiger partial charge on any atom is 0.260 e. The minimum atomic E-state index is -1.87. The van der Waals surface area contributed by atoms with Crippen LogP contribution < -0.4 is 10.5 Å². The van der Waals surface area contributed by atoms with Crippen LogP contribution in [0.25, 0.3) is 0 Å². The Morgan fingerprint density at radius 3 is 2.50 bits per heavy atom. The van der Waals surface area contributed by atoms with E-state index in [1.54, 1.807) is 0 Å². The molecule has 0 bridgehead atoms. The summed E-state index contributed by atoms with van der Waals surface area (Å²) in [7, 11) is -1.87. The van der Waals surface area contributed by atoms with Gasteiger partial charge in [0.25, 0.3) is 5.91 Å². The average Bonchev–Trinajstić information content (AvgIpc) is 3.11. The normalized spacial score (nSPS) is 16.0. The van der Waals surface area contributed by atoms with Crippen molar-refractivity contribution in [2.45, 2.75) is 29.6 Å². The number of amides is 1. The molecule has 156 valence electrons. The van der Waals surface area contributed by atoms with Crippen LogP contribution in [-0.2, 0) is 16.4 Å². The molecule has 3 N–H and O–H groups in total. The molecule has 3 aromatic rings. The predicted octanol–water partition coefficient (Wildman–Crippen LogP) is 3.66. The molecule has 11 heteroatoms. The number of carbonyl (C=O) groups excluding carboxylic acids is 1. The van der Waals surface area contributed by atoms with Gasteiger partial charge in [0.1, 0.15) is 33.4 Å². The molecule has 6 nitrogen and oxygen atoms in total. The van der Waals surface area contributed by atoms with Crippen LogP contribution in [-0.4, -0.2) is 20.3 Å². The van der Waals surface area contributed by atoms with Gasteiger partial charge in [0.2, 0.25) is 5.13 Å². The van der Waals surface area contributed by atoms with Gasteiger partial charge in [0, 0.05) is 11.6 Å². The van der Waals surface area contributed by atoms with Gasteiger partial charge in [-0.3, -0.25) is 10.1 Å². The van der Waals surface area contributed by atoms with Gasteiger partial charge in [0.05, 0.1) is 15.9 Å². The first-order chi connectivity index (χ1) is 14.3. The number of carbonyl (C=O) groups is 1. The van der Waals surface area contributed by atoms with Crippen LogP contribution in [0.3, 0.4) is 0 Å². The minimum absolute atomic E-state index is 0.0970. The lowest BCUT2D eigenvalue weighted by Gasteiger charge is -2.40. The molecule has 0 radical (unpaired) electrons. The molecule has 0 saturated heterocycles. The molecule has 1 fully saturated rings. The highest BCUT2D eigenvalue weighted by atomic mass is 32.2. The topological polar surface area (TPSA) is 98.0 Å². The summed E-state index contributed by atoms with van der Waals surface area (Å²) < 4.78 is 53.1. The molecule has 0 aliphatic heterocycles. The lowest BCUT2D eigenvalue weighted by molar-refractivity contribution is 0.102. The Kier molecular flexibility index (Phi) is 5.43. The Morgan fingerprint density at radius 1 is 1.10 bits per heavy atom. The number of hydrogen-bond donors (Lipinski definition) is 2. The van der Waals surface area contributed by atoms with Crippen molar-refractivity contribution in [1.82, 2.24) is 10.2 Å². The summed E-state index contributed by atoms with van der Waals surface area (Å²) in [5.41, 5.74) is -0.751. The van der Waals surface area contributed by atoms with Crippen LogP contribution >= 0.6 is 11.3 Å². The molecule has 2 aromatic carbocycles. The van der Waals surface area contributed by atoms with E-state index in [1.807, 2.05) is 0 Å². The van der Waals surface area contributed by atoms with Gasteiger partial charge in [0.15, 0.2) is 0 Å². The number of halogens is 3. The predicted molar refractivity (Wildman–Crippen MR) is 106 cm³/mol. The number of benzene rings is 2. The van der Waals surface area contributed by atoms with E-state index in [-0.39, 0.29) is 15.6 Å². The number of nitrogens with zero attached hydrogens (tertiary/aromatic N) is 2. The summed E-state index contributed by atoms with van der Waals surface area (Å²) in [6.45, 7) is 0. The van der Waals surface area contributed by atoms with Crippen molar-refractivity contribution < 1.29 is 22.2 Å². The zero-order chi connectivity index (χ0) is 21.5. The van der Waals surface area contributed by atoms with Gasteiger partial charge >= 0.3 is 0 Å². The molecular weight excluding hydrogens is 437 g/mol. The van der Waals surface area contributed by atoms with E-state index in [0.29, 0.717) is 23.4 Å². The summed E-state index contributed by atoms with van der Waals surface area (Å²) in [5.74, 6) is -2.95. The minimum Gasteiger partial charge on any atom is -0.296 e. The Labute approximate surface area is 175 Å². The van der Waals surface area contributed by atoms with Gasteiger partial charge in [-0.25, -0.2) is 22.5 Å². The summed E-state index contributed by atoms with van der Waals surface area (Å²) in [5, 5.41) is 16.3. The van der Waals surface area contributed by atoms with Crippen LogP contribution in [0.5, 0.6) is 0 Å². The highest BCUT2D eigenvalue weighted by Gasteiger charge is 2.45. The Balaban J connectivity index is 1.61. The molecule has 1 aliphatic carbocycles. The Bertz CT molecular complexity index is 1160. The number of anilines is 1. The molecule has 1 aromatic heterocycles. The third-order valence-corrected chi connectivity index (χ3v) is 6.88. The van der Waals surface area contributed by atoms with E-state index in [2.05, 4.69) is 15.5 Å². The largest absolute Gasteiger partial charge is 0.296 e. The van der Waals surface area contributed by atoms with Gasteiger partial charge in [-0.1, -0.05) is 23.8 Å². The van der Waals surface area contributed by atoms with Crippen molar-refractivity contribution in [1.29, 1.82) is 0 Å². The lowest BCUT2D eigenvalue weighted by Crippen LogP contribution is -2.36. The maximum atomic E-state index is 14.4. The Hall–Kier alpha value is -2.63. The van der Waals surface area contributed by atoms with Crippen molar-refractivity contribution in [3.63, 3.8) is 0 Å². The molecule has 4 rings (SSSR count). The Morgan fingerprint density at radius 2 is 1.87 bits per heavy atom. The first kappa shape index (κ1) is 20.6. The quantitative estimate of drug-likeness (QED) is 0.617. The molecule has 1 heterocycles. The van der Waals surface area contributed by atoms with Crippen molar-refractivity contribution in [3.05, 3.63) is 70.0 Å². The molecule has 1 aliphatic rings. The van der Waals surface area contributed by atoms with E-state index >= 15 is 0 Å². The van der Waals surface area contributed by atoms with Gasteiger partial charge in [-0.15, -0.1) is 10.2 Å². The molecule has 1 atom stereocenters. The second kappa shape index (κ2) is 7.89. The van der Waals surface area contributed by atoms with Gasteiger partial charge < -0.3 is 0 Å². The van der Waals surface area contributed by atoms with Crippen LogP contribution in [0.2, 0.25) is 0 Å². The summed E-state index contributed by atoms with van der Waals surface area (Å²) >= 11 is 1.04. The molecule has 1 amide bonds. The van der Waals surface area contributed by atoms with E-state index in [9.17, 15) is 22.2 Å². The lowest BCUT2D eigenvalue weighted by atomic mass is 9.64. The number of rotatable bonds is 5. The summed E-state index contributed by atoms with van der Waals surface area (Å²) in [4.78, 5) is 12.6. The van der Waals surface area contributed by atoms with Crippen LogP contribution in [0.4, 0.5) is 18.3 Å². The van der Waals surface area contributed by atoms with Gasteiger partial charge in [-0.05, 0) is 37.1 Å². The fourth-order valence-corrected chi connectivity index (χ4v) is 4.88.